The van der Waals surface area contributed by atoms with E-state index in [0.717, 1.165) is 11.4 Å². The molecule has 0 unspecified atom stereocenters. The van der Waals surface area contributed by atoms with Crippen molar-refractivity contribution in [1.29, 1.82) is 0 Å². The summed E-state index contributed by atoms with van der Waals surface area (Å²) in [5.74, 6) is 1.65. The van der Waals surface area contributed by atoms with Gasteiger partial charge in [-0.2, -0.15) is 0 Å². The summed E-state index contributed by atoms with van der Waals surface area (Å²) in [6.07, 6.45) is 0. The molecule has 1 aromatic carbocycles. The highest BCUT2D eigenvalue weighted by Crippen LogP contribution is 2.19. The van der Waals surface area contributed by atoms with E-state index in [1.54, 1.807) is 11.8 Å². The van der Waals surface area contributed by atoms with E-state index in [1.165, 1.54) is 11.1 Å². The number of aryl methyl sites for hydroxylation is 2. The van der Waals surface area contributed by atoms with Crippen LogP contribution < -0.4 is 5.73 Å². The van der Waals surface area contributed by atoms with E-state index in [1.807, 2.05) is 6.07 Å². The molecule has 1 aromatic rings. The Morgan fingerprint density at radius 1 is 1.31 bits per heavy atom. The molecule has 0 aliphatic carbocycles. The maximum Gasteiger partial charge on any atom is 0.159 e. The maximum absolute atomic E-state index is 5.86. The van der Waals surface area contributed by atoms with Crippen molar-refractivity contribution >= 4 is 22.6 Å². The molecule has 0 spiro atoms. The summed E-state index contributed by atoms with van der Waals surface area (Å²) in [5, 5.41) is 0.650. The number of hydrogen-bond acceptors (Lipinski definition) is 2. The van der Waals surface area contributed by atoms with Crippen molar-refractivity contribution in [2.45, 2.75) is 27.7 Å². The Hall–Kier alpha value is -0.960. The quantitative estimate of drug-likeness (QED) is 0.643. The summed E-state index contributed by atoms with van der Waals surface area (Å²) in [6.45, 7) is 8.54. The van der Waals surface area contributed by atoms with E-state index in [-0.39, 0.29) is 0 Å². The second-order valence-electron chi connectivity index (χ2n) is 4.42. The molecule has 0 aromatic heterocycles. The summed E-state index contributed by atoms with van der Waals surface area (Å²) < 4.78 is 0. The Morgan fingerprint density at radius 3 is 2.56 bits per heavy atom. The molecule has 0 aliphatic rings. The molecule has 88 valence electrons. The number of amidine groups is 1. The first kappa shape index (κ1) is 13.1. The largest absolute Gasteiger partial charge is 0.378 e. The van der Waals surface area contributed by atoms with Gasteiger partial charge in [-0.25, -0.2) is 4.99 Å². The Morgan fingerprint density at radius 2 is 2.00 bits per heavy atom. The van der Waals surface area contributed by atoms with Crippen LogP contribution in [0.1, 0.15) is 25.0 Å². The van der Waals surface area contributed by atoms with Crippen LogP contribution in [0.5, 0.6) is 0 Å². The lowest BCUT2D eigenvalue weighted by molar-refractivity contribution is 0.752. The SMILES string of the molecule is Cc1ccc(N=C(N)SCC(C)C)cc1C. The van der Waals surface area contributed by atoms with Crippen LogP contribution in [-0.4, -0.2) is 10.9 Å². The van der Waals surface area contributed by atoms with Gasteiger partial charge in [-0.05, 0) is 43.0 Å². The third-order valence-electron chi connectivity index (χ3n) is 2.29. The average Bonchev–Trinajstić information content (AvgIpc) is 2.21. The highest BCUT2D eigenvalue weighted by molar-refractivity contribution is 8.13. The van der Waals surface area contributed by atoms with Crippen molar-refractivity contribution < 1.29 is 0 Å². The molecular formula is C13H20N2S. The standard InChI is InChI=1S/C13H20N2S/c1-9(2)8-16-13(14)15-12-6-5-10(3)11(4)7-12/h5-7,9H,8H2,1-4H3,(H2,14,15). The van der Waals surface area contributed by atoms with Crippen LogP contribution in [0.3, 0.4) is 0 Å². The summed E-state index contributed by atoms with van der Waals surface area (Å²) >= 11 is 1.62. The highest BCUT2D eigenvalue weighted by Gasteiger charge is 1.99. The fourth-order valence-electron chi connectivity index (χ4n) is 1.21. The number of nitrogens with two attached hydrogens (primary N) is 1. The van der Waals surface area contributed by atoms with Gasteiger partial charge in [-0.1, -0.05) is 31.7 Å². The zero-order chi connectivity index (χ0) is 12.1. The Balaban J connectivity index is 2.70. The summed E-state index contributed by atoms with van der Waals surface area (Å²) in [5.41, 5.74) is 9.33. The molecule has 0 amide bonds. The van der Waals surface area contributed by atoms with E-state index in [9.17, 15) is 0 Å². The fourth-order valence-corrected chi connectivity index (χ4v) is 1.88. The normalized spacial score (nSPS) is 12.2. The summed E-state index contributed by atoms with van der Waals surface area (Å²) in [6, 6.07) is 6.15. The molecule has 0 bridgehead atoms. The highest BCUT2D eigenvalue weighted by atomic mass is 32.2. The third kappa shape index (κ3) is 4.27. The lowest BCUT2D eigenvalue weighted by atomic mass is 10.1. The number of rotatable bonds is 3. The van der Waals surface area contributed by atoms with Crippen LogP contribution >= 0.6 is 11.8 Å². The van der Waals surface area contributed by atoms with Gasteiger partial charge in [-0.15, -0.1) is 0 Å². The number of benzene rings is 1. The van der Waals surface area contributed by atoms with Gasteiger partial charge < -0.3 is 5.73 Å². The molecule has 2 N–H and O–H groups in total. The maximum atomic E-state index is 5.86. The van der Waals surface area contributed by atoms with Gasteiger partial charge in [-0.3, -0.25) is 0 Å². The van der Waals surface area contributed by atoms with E-state index in [4.69, 9.17) is 5.73 Å². The summed E-state index contributed by atoms with van der Waals surface area (Å²) in [7, 11) is 0. The van der Waals surface area contributed by atoms with E-state index >= 15 is 0 Å². The van der Waals surface area contributed by atoms with Crippen LogP contribution in [0.15, 0.2) is 23.2 Å². The van der Waals surface area contributed by atoms with Crippen molar-refractivity contribution in [2.75, 3.05) is 5.75 Å². The van der Waals surface area contributed by atoms with Crippen LogP contribution in [0, 0.1) is 19.8 Å². The third-order valence-corrected chi connectivity index (χ3v) is 3.51. The molecule has 0 radical (unpaired) electrons. The van der Waals surface area contributed by atoms with Gasteiger partial charge in [0.25, 0.3) is 0 Å². The minimum atomic E-state index is 0.638. The van der Waals surface area contributed by atoms with Crippen molar-refractivity contribution in [3.63, 3.8) is 0 Å². The van der Waals surface area contributed by atoms with E-state index in [2.05, 4.69) is 44.8 Å². The average molecular weight is 236 g/mol. The monoisotopic (exact) mass is 236 g/mol. The van der Waals surface area contributed by atoms with Gasteiger partial charge in [0.15, 0.2) is 5.17 Å². The lowest BCUT2D eigenvalue weighted by Crippen LogP contribution is -2.08. The zero-order valence-corrected chi connectivity index (χ0v) is 11.3. The zero-order valence-electron chi connectivity index (χ0n) is 10.4. The first-order valence-electron chi connectivity index (χ1n) is 5.53. The number of aliphatic imine (C=N–C) groups is 1. The molecular weight excluding hydrogens is 216 g/mol. The van der Waals surface area contributed by atoms with Gasteiger partial charge in [0.05, 0.1) is 5.69 Å². The first-order chi connectivity index (χ1) is 7.49. The van der Waals surface area contributed by atoms with Gasteiger partial charge in [0.2, 0.25) is 0 Å². The van der Waals surface area contributed by atoms with Crippen LogP contribution in [0.25, 0.3) is 0 Å². The molecule has 0 atom stereocenters. The molecule has 0 fully saturated rings. The number of thioether (sulfide) groups is 1. The first-order valence-corrected chi connectivity index (χ1v) is 6.52. The van der Waals surface area contributed by atoms with Crippen molar-refractivity contribution in [3.8, 4) is 0 Å². The predicted octanol–water partition coefficient (Wildman–Crippen LogP) is 3.64. The van der Waals surface area contributed by atoms with Gasteiger partial charge in [0, 0.05) is 5.75 Å². The van der Waals surface area contributed by atoms with E-state index in [0.29, 0.717) is 11.1 Å². The Kier molecular flexibility index (Phi) is 4.87. The molecule has 0 aliphatic heterocycles. The molecule has 3 heteroatoms. The molecule has 0 heterocycles. The Labute approximate surface area is 102 Å². The second-order valence-corrected chi connectivity index (χ2v) is 5.46. The minimum Gasteiger partial charge on any atom is -0.378 e. The van der Waals surface area contributed by atoms with Crippen LogP contribution in [-0.2, 0) is 0 Å². The predicted molar refractivity (Wildman–Crippen MR) is 74.5 cm³/mol. The van der Waals surface area contributed by atoms with Crippen molar-refractivity contribution in [2.24, 2.45) is 16.6 Å². The molecule has 0 saturated carbocycles. The Bertz CT molecular complexity index is 384. The van der Waals surface area contributed by atoms with E-state index < -0.39 is 0 Å². The van der Waals surface area contributed by atoms with Crippen molar-refractivity contribution in [3.05, 3.63) is 29.3 Å². The fraction of sp³-hybridized carbons (Fsp3) is 0.462. The smallest absolute Gasteiger partial charge is 0.159 e. The van der Waals surface area contributed by atoms with Crippen molar-refractivity contribution in [1.82, 2.24) is 0 Å². The topological polar surface area (TPSA) is 38.4 Å². The molecule has 2 nitrogen and oxygen atoms in total. The lowest BCUT2D eigenvalue weighted by Gasteiger charge is -2.05. The second kappa shape index (κ2) is 5.94. The van der Waals surface area contributed by atoms with Crippen LogP contribution in [0.2, 0.25) is 0 Å². The van der Waals surface area contributed by atoms with Gasteiger partial charge >= 0.3 is 0 Å². The van der Waals surface area contributed by atoms with Gasteiger partial charge in [0.1, 0.15) is 0 Å². The summed E-state index contributed by atoms with van der Waals surface area (Å²) in [4.78, 5) is 4.39. The minimum absolute atomic E-state index is 0.638. The molecule has 1 rings (SSSR count). The number of nitrogens with zero attached hydrogens (tertiary/aromatic N) is 1. The number of hydrogen-bond donors (Lipinski definition) is 1. The molecule has 0 saturated heterocycles. The van der Waals surface area contributed by atoms with Crippen LogP contribution in [0.4, 0.5) is 5.69 Å². The molecule has 16 heavy (non-hydrogen) atoms.